The van der Waals surface area contributed by atoms with E-state index in [4.69, 9.17) is 4.74 Å². The lowest BCUT2D eigenvalue weighted by Gasteiger charge is -2.06. The van der Waals surface area contributed by atoms with E-state index < -0.39 is 12.1 Å². The number of ether oxygens (including phenoxy) is 1. The minimum absolute atomic E-state index is 0.208. The molecule has 5 heteroatoms. The van der Waals surface area contributed by atoms with Gasteiger partial charge in [0.1, 0.15) is 0 Å². The number of rotatable bonds is 6. The second-order valence-corrected chi connectivity index (χ2v) is 4.05. The molecular formula is C14H19NO4. The van der Waals surface area contributed by atoms with E-state index in [0.717, 1.165) is 18.4 Å². The minimum Gasteiger partial charge on any atom is -0.447 e. The molecule has 1 N–H and O–H groups in total. The molecule has 0 aliphatic carbocycles. The summed E-state index contributed by atoms with van der Waals surface area (Å²) in [7, 11) is 0. The van der Waals surface area contributed by atoms with Crippen molar-refractivity contribution in [3.05, 3.63) is 35.9 Å². The highest BCUT2D eigenvalue weighted by molar-refractivity contribution is 5.73. The molecule has 0 spiro atoms. The first-order valence-corrected chi connectivity index (χ1v) is 6.38. The lowest BCUT2D eigenvalue weighted by Crippen LogP contribution is -2.28. The van der Waals surface area contributed by atoms with Gasteiger partial charge in [-0.1, -0.05) is 43.7 Å². The number of unbranched alkanes of at least 4 members (excludes halogenated alkanes) is 1. The summed E-state index contributed by atoms with van der Waals surface area (Å²) in [6.07, 6.45) is 1.77. The topological polar surface area (TPSA) is 64.6 Å². The van der Waals surface area contributed by atoms with E-state index in [-0.39, 0.29) is 6.42 Å². The molecule has 0 saturated heterocycles. The molecule has 5 nitrogen and oxygen atoms in total. The lowest BCUT2D eigenvalue weighted by atomic mass is 10.1. The molecule has 0 saturated carbocycles. The summed E-state index contributed by atoms with van der Waals surface area (Å²) in [5.41, 5.74) is 3.01. The van der Waals surface area contributed by atoms with Crippen LogP contribution in [0, 0.1) is 0 Å². The number of amides is 1. The zero-order valence-corrected chi connectivity index (χ0v) is 11.1. The van der Waals surface area contributed by atoms with Crippen LogP contribution < -0.4 is 5.48 Å². The number of carbonyl (C=O) groups is 2. The third kappa shape index (κ3) is 7.08. The van der Waals surface area contributed by atoms with Crippen molar-refractivity contribution in [3.8, 4) is 0 Å². The summed E-state index contributed by atoms with van der Waals surface area (Å²) in [5, 5.41) is 0. The van der Waals surface area contributed by atoms with Crippen LogP contribution in [-0.4, -0.2) is 18.7 Å². The van der Waals surface area contributed by atoms with Gasteiger partial charge in [-0.2, -0.15) is 0 Å². The number of carbonyl (C=O) groups excluding carboxylic acids is 2. The average molecular weight is 265 g/mol. The van der Waals surface area contributed by atoms with Gasteiger partial charge in [0.15, 0.2) is 0 Å². The van der Waals surface area contributed by atoms with Gasteiger partial charge in [0, 0.05) is 0 Å². The molecule has 0 atom stereocenters. The van der Waals surface area contributed by atoms with Crippen molar-refractivity contribution in [3.63, 3.8) is 0 Å². The van der Waals surface area contributed by atoms with Crippen molar-refractivity contribution >= 4 is 12.1 Å². The van der Waals surface area contributed by atoms with Gasteiger partial charge in [-0.15, -0.1) is 5.48 Å². The van der Waals surface area contributed by atoms with Gasteiger partial charge in [-0.05, 0) is 18.4 Å². The van der Waals surface area contributed by atoms with Crippen LogP contribution in [0.2, 0.25) is 0 Å². The van der Waals surface area contributed by atoms with E-state index in [0.29, 0.717) is 13.0 Å². The zero-order chi connectivity index (χ0) is 13.9. The van der Waals surface area contributed by atoms with Crippen LogP contribution in [-0.2, 0) is 20.8 Å². The Morgan fingerprint density at radius 2 is 1.95 bits per heavy atom. The molecular weight excluding hydrogens is 246 g/mol. The standard InChI is InChI=1S/C14H19NO4/c1-2-3-11-18-14(17)15-19-13(16)10-9-12-7-5-4-6-8-12/h4-8H,2-3,9-11H2,1H3,(H,15,17). The van der Waals surface area contributed by atoms with Crippen LogP contribution in [0.25, 0.3) is 0 Å². The molecule has 1 aromatic rings. The second-order valence-electron chi connectivity index (χ2n) is 4.05. The fourth-order valence-electron chi connectivity index (χ4n) is 1.38. The Balaban J connectivity index is 2.12. The predicted octanol–water partition coefficient (Wildman–Crippen LogP) is 2.60. The van der Waals surface area contributed by atoms with Crippen LogP contribution in [0.1, 0.15) is 31.7 Å². The quantitative estimate of drug-likeness (QED) is 0.634. The third-order valence-electron chi connectivity index (χ3n) is 2.44. The number of hydrogen-bond acceptors (Lipinski definition) is 4. The van der Waals surface area contributed by atoms with E-state index >= 15 is 0 Å². The van der Waals surface area contributed by atoms with Gasteiger partial charge in [0.2, 0.25) is 0 Å². The number of hydrogen-bond donors (Lipinski definition) is 1. The van der Waals surface area contributed by atoms with Crippen molar-refractivity contribution in [1.82, 2.24) is 5.48 Å². The number of benzene rings is 1. The highest BCUT2D eigenvalue weighted by atomic mass is 16.7. The fourth-order valence-corrected chi connectivity index (χ4v) is 1.38. The maximum Gasteiger partial charge on any atom is 0.440 e. The Labute approximate surface area is 112 Å². The van der Waals surface area contributed by atoms with Crippen LogP contribution >= 0.6 is 0 Å². The summed E-state index contributed by atoms with van der Waals surface area (Å²) in [4.78, 5) is 27.0. The maximum atomic E-state index is 11.4. The van der Waals surface area contributed by atoms with Gasteiger partial charge in [0.05, 0.1) is 13.0 Å². The molecule has 0 bridgehead atoms. The molecule has 1 aromatic carbocycles. The van der Waals surface area contributed by atoms with Gasteiger partial charge in [0.25, 0.3) is 0 Å². The number of aryl methyl sites for hydroxylation is 1. The predicted molar refractivity (Wildman–Crippen MR) is 70.2 cm³/mol. The van der Waals surface area contributed by atoms with E-state index in [1.165, 1.54) is 0 Å². The average Bonchev–Trinajstić information content (AvgIpc) is 2.44. The summed E-state index contributed by atoms with van der Waals surface area (Å²) in [5.74, 6) is -0.490. The third-order valence-corrected chi connectivity index (χ3v) is 2.44. The molecule has 0 fully saturated rings. The monoisotopic (exact) mass is 265 g/mol. The molecule has 0 aliphatic heterocycles. The highest BCUT2D eigenvalue weighted by Gasteiger charge is 2.07. The molecule has 1 amide bonds. The summed E-state index contributed by atoms with van der Waals surface area (Å²) in [6.45, 7) is 2.31. The van der Waals surface area contributed by atoms with Crippen molar-refractivity contribution in [2.75, 3.05) is 6.61 Å². The Bertz CT molecular complexity index is 392. The van der Waals surface area contributed by atoms with Crippen molar-refractivity contribution < 1.29 is 19.2 Å². The Hall–Kier alpha value is -2.04. The highest BCUT2D eigenvalue weighted by Crippen LogP contribution is 2.02. The second kappa shape index (κ2) is 8.97. The fraction of sp³-hybridized carbons (Fsp3) is 0.429. The number of hydroxylamine groups is 1. The van der Waals surface area contributed by atoms with Crippen molar-refractivity contribution in [1.29, 1.82) is 0 Å². The van der Waals surface area contributed by atoms with E-state index in [2.05, 4.69) is 4.84 Å². The Kier molecular flexibility index (Phi) is 7.09. The summed E-state index contributed by atoms with van der Waals surface area (Å²) >= 11 is 0. The zero-order valence-electron chi connectivity index (χ0n) is 11.1. The van der Waals surface area contributed by atoms with Crippen LogP contribution in [0.4, 0.5) is 4.79 Å². The maximum absolute atomic E-state index is 11.4. The van der Waals surface area contributed by atoms with Crippen molar-refractivity contribution in [2.24, 2.45) is 0 Å². The summed E-state index contributed by atoms with van der Waals surface area (Å²) in [6, 6.07) is 9.59. The lowest BCUT2D eigenvalue weighted by molar-refractivity contribution is -0.149. The molecule has 1 rings (SSSR count). The van der Waals surface area contributed by atoms with Gasteiger partial charge >= 0.3 is 12.1 Å². The molecule has 104 valence electrons. The summed E-state index contributed by atoms with van der Waals surface area (Å²) < 4.78 is 4.77. The van der Waals surface area contributed by atoms with Gasteiger partial charge < -0.3 is 9.57 Å². The van der Waals surface area contributed by atoms with Crippen molar-refractivity contribution in [2.45, 2.75) is 32.6 Å². The first-order chi connectivity index (χ1) is 9.22. The SMILES string of the molecule is CCCCOC(=O)NOC(=O)CCc1ccccc1. The molecule has 0 aromatic heterocycles. The molecule has 0 unspecified atom stereocenters. The molecule has 0 aliphatic rings. The Morgan fingerprint density at radius 1 is 1.21 bits per heavy atom. The van der Waals surface area contributed by atoms with Crippen LogP contribution in [0.5, 0.6) is 0 Å². The van der Waals surface area contributed by atoms with Gasteiger partial charge in [-0.3, -0.25) is 0 Å². The smallest absolute Gasteiger partial charge is 0.440 e. The molecule has 0 heterocycles. The molecule has 19 heavy (non-hydrogen) atoms. The minimum atomic E-state index is -0.735. The van der Waals surface area contributed by atoms with Gasteiger partial charge in [-0.25, -0.2) is 9.59 Å². The Morgan fingerprint density at radius 3 is 2.63 bits per heavy atom. The number of nitrogens with one attached hydrogen (secondary N) is 1. The van der Waals surface area contributed by atoms with E-state index in [1.54, 1.807) is 0 Å². The van der Waals surface area contributed by atoms with E-state index in [9.17, 15) is 9.59 Å². The largest absolute Gasteiger partial charge is 0.447 e. The first-order valence-electron chi connectivity index (χ1n) is 6.38. The van der Waals surface area contributed by atoms with Crippen LogP contribution in [0.3, 0.4) is 0 Å². The normalized spacial score (nSPS) is 9.74. The first kappa shape index (κ1) is 15.0. The van der Waals surface area contributed by atoms with E-state index in [1.807, 2.05) is 42.7 Å². The molecule has 0 radical (unpaired) electrons. The van der Waals surface area contributed by atoms with Crippen LogP contribution in [0.15, 0.2) is 30.3 Å².